The van der Waals surface area contributed by atoms with Gasteiger partial charge in [0, 0.05) is 23.8 Å². The summed E-state index contributed by atoms with van der Waals surface area (Å²) in [5.41, 5.74) is 0.729. The maximum Gasteiger partial charge on any atom is 0.265 e. The van der Waals surface area contributed by atoms with Crippen molar-refractivity contribution >= 4 is 44.8 Å². The van der Waals surface area contributed by atoms with Gasteiger partial charge in [0.2, 0.25) is 15.9 Å². The second kappa shape index (κ2) is 9.03. The minimum Gasteiger partial charge on any atom is -0.482 e. The summed E-state index contributed by atoms with van der Waals surface area (Å²) >= 11 is 5.93. The van der Waals surface area contributed by atoms with Crippen LogP contribution in [0.4, 0.5) is 11.4 Å². The van der Waals surface area contributed by atoms with E-state index in [1.807, 2.05) is 0 Å². The van der Waals surface area contributed by atoms with Gasteiger partial charge in [0.15, 0.2) is 6.61 Å². The average molecular weight is 452 g/mol. The summed E-state index contributed by atoms with van der Waals surface area (Å²) in [5, 5.41) is 3.14. The van der Waals surface area contributed by atoms with Crippen molar-refractivity contribution in [2.24, 2.45) is 0 Å². The Morgan fingerprint density at radius 3 is 2.60 bits per heavy atom. The van der Waals surface area contributed by atoms with Crippen molar-refractivity contribution in [3.8, 4) is 5.75 Å². The summed E-state index contributed by atoms with van der Waals surface area (Å²) in [6.07, 6.45) is 0. The summed E-state index contributed by atoms with van der Waals surface area (Å²) in [6, 6.07) is 10.9. The molecule has 0 bridgehead atoms. The molecule has 0 unspecified atom stereocenters. The fourth-order valence-electron chi connectivity index (χ4n) is 3.14. The van der Waals surface area contributed by atoms with E-state index in [4.69, 9.17) is 16.3 Å². The third-order valence-electron chi connectivity index (χ3n) is 4.63. The lowest BCUT2D eigenvalue weighted by Gasteiger charge is -2.29. The number of carbonyl (C=O) groups excluding carboxylic acids is 2. The van der Waals surface area contributed by atoms with Crippen LogP contribution in [0.2, 0.25) is 5.02 Å². The van der Waals surface area contributed by atoms with Crippen molar-refractivity contribution in [2.45, 2.75) is 18.7 Å². The van der Waals surface area contributed by atoms with Crippen molar-refractivity contribution in [1.29, 1.82) is 0 Å². The Labute approximate surface area is 180 Å². The zero-order valence-electron chi connectivity index (χ0n) is 16.6. The van der Waals surface area contributed by atoms with Crippen LogP contribution >= 0.6 is 11.6 Å². The Kier molecular flexibility index (Phi) is 6.64. The molecule has 1 N–H and O–H groups in total. The Morgan fingerprint density at radius 1 is 1.20 bits per heavy atom. The second-order valence-electron chi connectivity index (χ2n) is 6.55. The number of carbonyl (C=O) groups is 2. The molecule has 1 aliphatic heterocycles. The van der Waals surface area contributed by atoms with Gasteiger partial charge in [-0.3, -0.25) is 14.5 Å². The van der Waals surface area contributed by atoms with Gasteiger partial charge in [-0.15, -0.1) is 0 Å². The molecule has 8 nitrogen and oxygen atoms in total. The number of amides is 2. The average Bonchev–Trinajstić information content (AvgIpc) is 2.70. The molecule has 160 valence electrons. The summed E-state index contributed by atoms with van der Waals surface area (Å²) in [6.45, 7) is 3.60. The van der Waals surface area contributed by atoms with E-state index in [2.05, 4.69) is 5.32 Å². The molecule has 0 radical (unpaired) electrons. The van der Waals surface area contributed by atoms with Crippen LogP contribution in [0.1, 0.15) is 13.8 Å². The molecule has 3 rings (SSSR count). The first-order chi connectivity index (χ1) is 14.3. The highest BCUT2D eigenvalue weighted by Gasteiger charge is 2.30. The molecule has 0 aliphatic carbocycles. The van der Waals surface area contributed by atoms with Crippen LogP contribution in [-0.2, 0) is 19.6 Å². The molecule has 10 heteroatoms. The van der Waals surface area contributed by atoms with E-state index in [9.17, 15) is 18.0 Å². The smallest absolute Gasteiger partial charge is 0.265 e. The Bertz CT molecular complexity index is 1070. The van der Waals surface area contributed by atoms with Gasteiger partial charge >= 0.3 is 0 Å². The molecule has 1 heterocycles. The van der Waals surface area contributed by atoms with Crippen molar-refractivity contribution in [1.82, 2.24) is 4.31 Å². The largest absolute Gasteiger partial charge is 0.482 e. The fraction of sp³-hybridized carbons (Fsp3) is 0.300. The van der Waals surface area contributed by atoms with E-state index in [1.54, 1.807) is 38.1 Å². The number of hydrogen-bond acceptors (Lipinski definition) is 5. The highest BCUT2D eigenvalue weighted by atomic mass is 35.5. The van der Waals surface area contributed by atoms with Crippen LogP contribution < -0.4 is 15.0 Å². The van der Waals surface area contributed by atoms with E-state index in [1.165, 1.54) is 27.4 Å². The van der Waals surface area contributed by atoms with Crippen LogP contribution in [-0.4, -0.2) is 50.8 Å². The highest BCUT2D eigenvalue weighted by Crippen LogP contribution is 2.35. The lowest BCUT2D eigenvalue weighted by molar-refractivity contribution is -0.123. The molecule has 1 aliphatic rings. The Balaban J connectivity index is 1.89. The first-order valence-electron chi connectivity index (χ1n) is 9.39. The molecular weight excluding hydrogens is 430 g/mol. The van der Waals surface area contributed by atoms with Crippen LogP contribution in [0.25, 0.3) is 0 Å². The maximum atomic E-state index is 12.9. The molecule has 0 aromatic heterocycles. The number of benzene rings is 2. The fourth-order valence-corrected chi connectivity index (χ4v) is 4.81. The normalized spacial score (nSPS) is 13.7. The van der Waals surface area contributed by atoms with Gasteiger partial charge < -0.3 is 10.1 Å². The number of nitrogens with one attached hydrogen (secondary N) is 1. The number of hydrogen-bond donors (Lipinski definition) is 1. The topological polar surface area (TPSA) is 96.0 Å². The first-order valence-corrected chi connectivity index (χ1v) is 11.2. The quantitative estimate of drug-likeness (QED) is 0.698. The van der Waals surface area contributed by atoms with Gasteiger partial charge in [0.25, 0.3) is 5.91 Å². The number of rotatable bonds is 7. The molecule has 0 saturated heterocycles. The molecule has 2 aromatic rings. The van der Waals surface area contributed by atoms with Crippen molar-refractivity contribution in [2.75, 3.05) is 36.5 Å². The number of anilines is 2. The zero-order valence-corrected chi connectivity index (χ0v) is 18.2. The van der Waals surface area contributed by atoms with Gasteiger partial charge in [-0.1, -0.05) is 31.5 Å². The van der Waals surface area contributed by atoms with Crippen LogP contribution in [0.15, 0.2) is 47.4 Å². The molecule has 30 heavy (non-hydrogen) atoms. The van der Waals surface area contributed by atoms with Gasteiger partial charge in [-0.2, -0.15) is 4.31 Å². The van der Waals surface area contributed by atoms with Gasteiger partial charge in [0.05, 0.1) is 10.6 Å². The van der Waals surface area contributed by atoms with E-state index in [-0.39, 0.29) is 23.7 Å². The van der Waals surface area contributed by atoms with Gasteiger partial charge in [0.1, 0.15) is 12.3 Å². The second-order valence-corrected chi connectivity index (χ2v) is 8.92. The van der Waals surface area contributed by atoms with E-state index >= 15 is 0 Å². The molecule has 2 aromatic carbocycles. The number of fused-ring (bicyclic) bond motifs is 1. The third-order valence-corrected chi connectivity index (χ3v) is 6.91. The third kappa shape index (κ3) is 4.58. The van der Waals surface area contributed by atoms with E-state index in [0.717, 1.165) is 0 Å². The SMILES string of the molecule is CCN(CC)S(=O)(=O)c1ccc2c(c1)N(CC(=O)Nc1cccc(Cl)c1)C(=O)CO2. The van der Waals surface area contributed by atoms with Crippen molar-refractivity contribution in [3.63, 3.8) is 0 Å². The Hall–Kier alpha value is -2.62. The molecular formula is C20H22ClN3O5S. The predicted octanol–water partition coefficient (Wildman–Crippen LogP) is 2.73. The summed E-state index contributed by atoms with van der Waals surface area (Å²) in [5.74, 6) is -0.555. The molecule has 2 amide bonds. The molecule has 0 atom stereocenters. The number of halogens is 1. The number of sulfonamides is 1. The van der Waals surface area contributed by atoms with Crippen molar-refractivity contribution < 1.29 is 22.7 Å². The van der Waals surface area contributed by atoms with Crippen molar-refractivity contribution in [3.05, 3.63) is 47.5 Å². The van der Waals surface area contributed by atoms with Gasteiger partial charge in [-0.05, 0) is 36.4 Å². The summed E-state index contributed by atoms with van der Waals surface area (Å²) in [7, 11) is -3.73. The highest BCUT2D eigenvalue weighted by molar-refractivity contribution is 7.89. The minimum absolute atomic E-state index is 0.0310. The van der Waals surface area contributed by atoms with Gasteiger partial charge in [-0.25, -0.2) is 8.42 Å². The van der Waals surface area contributed by atoms with Crippen LogP contribution in [0.3, 0.4) is 0 Å². The summed E-state index contributed by atoms with van der Waals surface area (Å²) in [4.78, 5) is 26.2. The minimum atomic E-state index is -3.73. The summed E-state index contributed by atoms with van der Waals surface area (Å²) < 4.78 is 32.4. The first kappa shape index (κ1) is 22.1. The zero-order chi connectivity index (χ0) is 21.9. The lowest BCUT2D eigenvalue weighted by Crippen LogP contribution is -2.43. The molecule has 0 spiro atoms. The monoisotopic (exact) mass is 451 g/mol. The molecule has 0 saturated carbocycles. The van der Waals surface area contributed by atoms with Crippen LogP contribution in [0.5, 0.6) is 5.75 Å². The Morgan fingerprint density at radius 2 is 1.93 bits per heavy atom. The van der Waals surface area contributed by atoms with E-state index < -0.39 is 21.8 Å². The van der Waals surface area contributed by atoms with Crippen LogP contribution in [0, 0.1) is 0 Å². The standard InChI is InChI=1S/C20H22ClN3O5S/c1-3-23(4-2)30(27,28)16-8-9-18-17(11-16)24(20(26)13-29-18)12-19(25)22-15-7-5-6-14(21)10-15/h5-11H,3-4,12-13H2,1-2H3,(H,22,25). The van der Waals surface area contributed by atoms with E-state index in [0.29, 0.717) is 29.5 Å². The number of ether oxygens (including phenoxy) is 1. The lowest BCUT2D eigenvalue weighted by atomic mass is 10.2. The molecule has 0 fully saturated rings. The maximum absolute atomic E-state index is 12.9. The predicted molar refractivity (Wildman–Crippen MR) is 114 cm³/mol. The number of nitrogens with zero attached hydrogens (tertiary/aromatic N) is 2.